The Balaban J connectivity index is 1.73. The van der Waals surface area contributed by atoms with Gasteiger partial charge < -0.3 is 14.3 Å². The Hall–Kier alpha value is -2.56. The first kappa shape index (κ1) is 14.4. The van der Waals surface area contributed by atoms with Crippen molar-refractivity contribution in [1.29, 1.82) is 0 Å². The van der Waals surface area contributed by atoms with Crippen molar-refractivity contribution in [2.45, 2.75) is 33.2 Å². The summed E-state index contributed by atoms with van der Waals surface area (Å²) in [4.78, 5) is 12.3. The molecule has 5 heteroatoms. The lowest BCUT2D eigenvalue weighted by Crippen LogP contribution is -2.22. The Bertz CT molecular complexity index is 801. The molecule has 3 rings (SSSR count). The summed E-state index contributed by atoms with van der Waals surface area (Å²) in [6, 6.07) is 9.32. The van der Waals surface area contributed by atoms with Crippen LogP contribution in [0.2, 0.25) is 0 Å². The number of carbonyl (C=O) groups excluding carboxylic acids is 1. The van der Waals surface area contributed by atoms with Gasteiger partial charge in [-0.15, -0.1) is 0 Å². The molecule has 1 amide bonds. The van der Waals surface area contributed by atoms with Gasteiger partial charge in [-0.2, -0.15) is 0 Å². The minimum absolute atomic E-state index is 0.187. The van der Waals surface area contributed by atoms with Gasteiger partial charge in [0.25, 0.3) is 5.91 Å². The van der Waals surface area contributed by atoms with Crippen molar-refractivity contribution < 1.29 is 13.7 Å². The summed E-state index contributed by atoms with van der Waals surface area (Å²) in [6.45, 7) is 4.26. The number of para-hydroxylation sites is 1. The number of nitrogens with zero attached hydrogens (tertiary/aromatic N) is 1. The average molecular weight is 298 g/mol. The highest BCUT2D eigenvalue weighted by molar-refractivity contribution is 6.04. The van der Waals surface area contributed by atoms with E-state index in [-0.39, 0.29) is 5.91 Å². The summed E-state index contributed by atoms with van der Waals surface area (Å²) in [6.07, 6.45) is 1.89. The Kier molecular flexibility index (Phi) is 3.96. The number of rotatable bonds is 5. The Morgan fingerprint density at radius 3 is 3.00 bits per heavy atom. The zero-order valence-electron chi connectivity index (χ0n) is 12.7. The molecule has 1 aromatic carbocycles. The van der Waals surface area contributed by atoms with Crippen LogP contribution in [0.3, 0.4) is 0 Å². The van der Waals surface area contributed by atoms with Crippen LogP contribution < -0.4 is 5.32 Å². The molecule has 0 atom stereocenters. The SMILES string of the molecule is CCCc1cc(CNC(=O)c2cccc3cc(C)oc23)on1. The molecule has 0 saturated carbocycles. The molecule has 0 aliphatic rings. The molecule has 0 bridgehead atoms. The lowest BCUT2D eigenvalue weighted by atomic mass is 10.1. The van der Waals surface area contributed by atoms with E-state index in [0.717, 1.165) is 29.7 Å². The minimum atomic E-state index is -0.187. The van der Waals surface area contributed by atoms with Gasteiger partial charge in [0.1, 0.15) is 11.3 Å². The lowest BCUT2D eigenvalue weighted by Gasteiger charge is -2.03. The maximum atomic E-state index is 12.3. The molecule has 3 aromatic rings. The van der Waals surface area contributed by atoms with E-state index in [2.05, 4.69) is 17.4 Å². The van der Waals surface area contributed by atoms with Crippen molar-refractivity contribution in [2.24, 2.45) is 0 Å². The molecule has 114 valence electrons. The second kappa shape index (κ2) is 6.05. The first-order valence-corrected chi connectivity index (χ1v) is 7.39. The van der Waals surface area contributed by atoms with Gasteiger partial charge in [-0.3, -0.25) is 4.79 Å². The Labute approximate surface area is 128 Å². The van der Waals surface area contributed by atoms with Crippen molar-refractivity contribution in [1.82, 2.24) is 10.5 Å². The monoisotopic (exact) mass is 298 g/mol. The second-order valence-electron chi connectivity index (χ2n) is 5.30. The average Bonchev–Trinajstić information content (AvgIpc) is 3.10. The van der Waals surface area contributed by atoms with E-state index in [0.29, 0.717) is 23.5 Å². The molecule has 1 N–H and O–H groups in total. The number of carbonyl (C=O) groups is 1. The van der Waals surface area contributed by atoms with Crippen LogP contribution in [0.4, 0.5) is 0 Å². The summed E-state index contributed by atoms with van der Waals surface area (Å²) in [5.41, 5.74) is 2.05. The third-order valence-corrected chi connectivity index (χ3v) is 3.45. The largest absolute Gasteiger partial charge is 0.461 e. The zero-order valence-corrected chi connectivity index (χ0v) is 12.7. The van der Waals surface area contributed by atoms with Crippen LogP contribution in [0.15, 0.2) is 39.3 Å². The van der Waals surface area contributed by atoms with E-state index in [1.54, 1.807) is 6.07 Å². The number of aryl methyl sites for hydroxylation is 2. The van der Waals surface area contributed by atoms with Crippen molar-refractivity contribution in [2.75, 3.05) is 0 Å². The minimum Gasteiger partial charge on any atom is -0.461 e. The van der Waals surface area contributed by atoms with Gasteiger partial charge in [0, 0.05) is 11.5 Å². The van der Waals surface area contributed by atoms with Gasteiger partial charge in [0.15, 0.2) is 5.76 Å². The van der Waals surface area contributed by atoms with Crippen LogP contribution in [0, 0.1) is 6.92 Å². The first-order chi connectivity index (χ1) is 10.7. The predicted molar refractivity (Wildman–Crippen MR) is 82.6 cm³/mol. The quantitative estimate of drug-likeness (QED) is 0.781. The zero-order chi connectivity index (χ0) is 15.5. The molecule has 2 heterocycles. The van der Waals surface area contributed by atoms with Crippen LogP contribution >= 0.6 is 0 Å². The Morgan fingerprint density at radius 1 is 1.32 bits per heavy atom. The van der Waals surface area contributed by atoms with Gasteiger partial charge in [0.05, 0.1) is 17.8 Å². The van der Waals surface area contributed by atoms with Crippen LogP contribution in [-0.2, 0) is 13.0 Å². The van der Waals surface area contributed by atoms with E-state index in [1.807, 2.05) is 31.2 Å². The van der Waals surface area contributed by atoms with Crippen molar-refractivity contribution in [3.05, 3.63) is 53.1 Å². The van der Waals surface area contributed by atoms with E-state index in [9.17, 15) is 4.79 Å². The van der Waals surface area contributed by atoms with Crippen LogP contribution in [0.5, 0.6) is 0 Å². The fourth-order valence-corrected chi connectivity index (χ4v) is 2.45. The summed E-state index contributed by atoms with van der Waals surface area (Å²) >= 11 is 0. The highest BCUT2D eigenvalue weighted by Crippen LogP contribution is 2.22. The fourth-order valence-electron chi connectivity index (χ4n) is 2.45. The van der Waals surface area contributed by atoms with E-state index < -0.39 is 0 Å². The molecule has 0 fully saturated rings. The van der Waals surface area contributed by atoms with E-state index >= 15 is 0 Å². The second-order valence-corrected chi connectivity index (χ2v) is 5.30. The molecule has 22 heavy (non-hydrogen) atoms. The predicted octanol–water partition coefficient (Wildman–Crippen LogP) is 3.61. The van der Waals surface area contributed by atoms with Gasteiger partial charge in [-0.05, 0) is 25.5 Å². The highest BCUT2D eigenvalue weighted by Gasteiger charge is 2.14. The summed E-state index contributed by atoms with van der Waals surface area (Å²) in [5, 5.41) is 7.73. The van der Waals surface area contributed by atoms with Crippen molar-refractivity contribution >= 4 is 16.9 Å². The molecule has 0 saturated heterocycles. The third-order valence-electron chi connectivity index (χ3n) is 3.45. The van der Waals surface area contributed by atoms with E-state index in [1.165, 1.54) is 0 Å². The molecule has 5 nitrogen and oxygen atoms in total. The molecule has 0 aliphatic carbocycles. The van der Waals surface area contributed by atoms with E-state index in [4.69, 9.17) is 8.94 Å². The van der Waals surface area contributed by atoms with Gasteiger partial charge in [-0.1, -0.05) is 30.6 Å². The maximum absolute atomic E-state index is 12.3. The van der Waals surface area contributed by atoms with Crippen LogP contribution in [0.25, 0.3) is 11.0 Å². The van der Waals surface area contributed by atoms with Gasteiger partial charge in [-0.25, -0.2) is 0 Å². The smallest absolute Gasteiger partial charge is 0.255 e. The summed E-state index contributed by atoms with van der Waals surface area (Å²) < 4.78 is 10.8. The number of amides is 1. The number of hydrogen-bond acceptors (Lipinski definition) is 4. The molecule has 0 spiro atoms. The topological polar surface area (TPSA) is 68.3 Å². The first-order valence-electron chi connectivity index (χ1n) is 7.39. The van der Waals surface area contributed by atoms with Gasteiger partial charge in [0.2, 0.25) is 0 Å². The normalized spacial score (nSPS) is 11.0. The van der Waals surface area contributed by atoms with Crippen LogP contribution in [0.1, 0.15) is 40.9 Å². The number of fused-ring (bicyclic) bond motifs is 1. The lowest BCUT2D eigenvalue weighted by molar-refractivity contribution is 0.0947. The fraction of sp³-hybridized carbons (Fsp3) is 0.294. The molecular formula is C17H18N2O3. The van der Waals surface area contributed by atoms with Crippen LogP contribution in [-0.4, -0.2) is 11.1 Å². The molecule has 0 unspecified atom stereocenters. The summed E-state index contributed by atoms with van der Waals surface area (Å²) in [5.74, 6) is 1.25. The molecular weight excluding hydrogens is 280 g/mol. The molecule has 0 aliphatic heterocycles. The Morgan fingerprint density at radius 2 is 2.18 bits per heavy atom. The molecule has 0 radical (unpaired) electrons. The number of hydrogen-bond donors (Lipinski definition) is 1. The molecule has 2 aromatic heterocycles. The third kappa shape index (κ3) is 2.88. The maximum Gasteiger partial charge on any atom is 0.255 e. The number of nitrogens with one attached hydrogen (secondary N) is 1. The summed E-state index contributed by atoms with van der Waals surface area (Å²) in [7, 11) is 0. The highest BCUT2D eigenvalue weighted by atomic mass is 16.5. The number of aromatic nitrogens is 1. The number of benzene rings is 1. The number of furan rings is 1. The van der Waals surface area contributed by atoms with Crippen molar-refractivity contribution in [3.8, 4) is 0 Å². The van der Waals surface area contributed by atoms with Crippen molar-refractivity contribution in [3.63, 3.8) is 0 Å². The van der Waals surface area contributed by atoms with Gasteiger partial charge >= 0.3 is 0 Å². The standard InChI is InChI=1S/C17H18N2O3/c1-3-5-13-9-14(22-19-13)10-18-17(20)15-7-4-6-12-8-11(2)21-16(12)15/h4,6-9H,3,5,10H2,1-2H3,(H,18,20).